The first kappa shape index (κ1) is 13.1. The van der Waals surface area contributed by atoms with Crippen LogP contribution >= 0.6 is 11.6 Å². The van der Waals surface area contributed by atoms with Crippen molar-refractivity contribution >= 4 is 23.1 Å². The van der Waals surface area contributed by atoms with Crippen LogP contribution in [0.1, 0.15) is 0 Å². The molecule has 0 spiro atoms. The summed E-state index contributed by atoms with van der Waals surface area (Å²) in [5.74, 6) is 0.393. The van der Waals surface area contributed by atoms with Crippen LogP contribution in [0.5, 0.6) is 0 Å². The molecule has 0 bridgehead atoms. The lowest BCUT2D eigenvalue weighted by atomic mass is 10.1. The second-order valence-corrected chi connectivity index (χ2v) is 5.14. The summed E-state index contributed by atoms with van der Waals surface area (Å²) in [6.07, 6.45) is 0. The van der Waals surface area contributed by atoms with E-state index >= 15 is 0 Å². The van der Waals surface area contributed by atoms with Crippen molar-refractivity contribution in [2.24, 2.45) is 0 Å². The van der Waals surface area contributed by atoms with E-state index in [1.165, 1.54) is 5.69 Å². The maximum absolute atomic E-state index is 5.88. The third-order valence-corrected chi connectivity index (χ3v) is 3.64. The molecule has 104 valence electrons. The van der Waals surface area contributed by atoms with Gasteiger partial charge < -0.3 is 16.0 Å². The normalized spacial score (nSPS) is 15.3. The fourth-order valence-corrected chi connectivity index (χ4v) is 2.53. The van der Waals surface area contributed by atoms with Crippen molar-refractivity contribution in [1.82, 2.24) is 15.5 Å². The Balaban J connectivity index is 1.87. The number of nitrogens with two attached hydrogens (primary N) is 1. The highest BCUT2D eigenvalue weighted by Gasteiger charge is 2.11. The van der Waals surface area contributed by atoms with Crippen LogP contribution in [0.15, 0.2) is 30.3 Å². The van der Waals surface area contributed by atoms with Crippen LogP contribution in [-0.2, 0) is 0 Å². The van der Waals surface area contributed by atoms with Crippen LogP contribution in [0.4, 0.5) is 11.5 Å². The number of nitrogen functional groups attached to an aromatic ring is 1. The van der Waals surface area contributed by atoms with Gasteiger partial charge in [0.15, 0.2) is 11.0 Å². The van der Waals surface area contributed by atoms with Gasteiger partial charge in [-0.15, -0.1) is 10.2 Å². The zero-order valence-electron chi connectivity index (χ0n) is 11.0. The summed E-state index contributed by atoms with van der Waals surface area (Å²) in [5, 5.41) is 11.3. The Hall–Kier alpha value is -1.85. The average Bonchev–Trinajstić information content (AvgIpc) is 2.51. The summed E-state index contributed by atoms with van der Waals surface area (Å²) in [7, 11) is 0. The van der Waals surface area contributed by atoms with Crippen LogP contribution < -0.4 is 16.0 Å². The number of benzene rings is 1. The zero-order valence-corrected chi connectivity index (χ0v) is 11.8. The van der Waals surface area contributed by atoms with Crippen LogP contribution in [0.3, 0.4) is 0 Å². The maximum atomic E-state index is 5.88. The van der Waals surface area contributed by atoms with E-state index < -0.39 is 0 Å². The van der Waals surface area contributed by atoms with Crippen LogP contribution in [0, 0.1) is 0 Å². The highest BCUT2D eigenvalue weighted by atomic mass is 35.5. The van der Waals surface area contributed by atoms with Gasteiger partial charge in [0.1, 0.15) is 0 Å². The lowest BCUT2D eigenvalue weighted by molar-refractivity contribution is 0.589. The van der Waals surface area contributed by atoms with Crippen LogP contribution in [0.25, 0.3) is 11.1 Å². The van der Waals surface area contributed by atoms with E-state index in [1.807, 2.05) is 12.1 Å². The predicted molar refractivity (Wildman–Crippen MR) is 82.0 cm³/mol. The summed E-state index contributed by atoms with van der Waals surface area (Å²) >= 11 is 5.88. The number of anilines is 2. The molecule has 1 aromatic carbocycles. The Morgan fingerprint density at radius 1 is 1.10 bits per heavy atom. The molecule has 1 aromatic heterocycles. The minimum absolute atomic E-state index is 0.348. The molecular formula is C14H16ClN5. The fraction of sp³-hybridized carbons (Fsp3) is 0.286. The average molecular weight is 290 g/mol. The van der Waals surface area contributed by atoms with E-state index in [2.05, 4.69) is 32.5 Å². The molecule has 0 radical (unpaired) electrons. The second-order valence-electron chi connectivity index (χ2n) is 4.75. The Bertz CT molecular complexity index is 593. The van der Waals surface area contributed by atoms with Gasteiger partial charge in [-0.25, -0.2) is 0 Å². The third-order valence-electron chi connectivity index (χ3n) is 3.45. The second kappa shape index (κ2) is 5.64. The van der Waals surface area contributed by atoms with Crippen molar-refractivity contribution in [2.75, 3.05) is 36.8 Å². The van der Waals surface area contributed by atoms with E-state index in [4.69, 9.17) is 17.3 Å². The quantitative estimate of drug-likeness (QED) is 0.882. The van der Waals surface area contributed by atoms with E-state index in [1.54, 1.807) is 6.07 Å². The number of nitrogens with zero attached hydrogens (tertiary/aromatic N) is 3. The smallest absolute Gasteiger partial charge is 0.154 e. The Labute approximate surface area is 122 Å². The number of halogens is 1. The standard InChI is InChI=1S/C14H16ClN5/c15-13-9-12(14(16)19-18-13)10-1-3-11(4-2-10)20-7-5-17-6-8-20/h1-4,9,17H,5-8H2,(H2,16,19). The minimum atomic E-state index is 0.348. The van der Waals surface area contributed by atoms with Crippen molar-refractivity contribution in [3.8, 4) is 11.1 Å². The van der Waals surface area contributed by atoms with Gasteiger partial charge in [-0.2, -0.15) is 0 Å². The lowest BCUT2D eigenvalue weighted by Gasteiger charge is -2.29. The Kier molecular flexibility index (Phi) is 3.71. The number of hydrogen-bond acceptors (Lipinski definition) is 5. The van der Waals surface area contributed by atoms with E-state index in [0.717, 1.165) is 37.3 Å². The molecule has 3 rings (SSSR count). The van der Waals surface area contributed by atoms with Crippen molar-refractivity contribution in [2.45, 2.75) is 0 Å². The number of aromatic nitrogens is 2. The molecule has 2 aromatic rings. The Morgan fingerprint density at radius 2 is 1.80 bits per heavy atom. The molecule has 3 N–H and O–H groups in total. The molecule has 1 aliphatic heterocycles. The molecular weight excluding hydrogens is 274 g/mol. The summed E-state index contributed by atoms with van der Waals surface area (Å²) < 4.78 is 0. The van der Waals surface area contributed by atoms with Crippen LogP contribution in [-0.4, -0.2) is 36.4 Å². The van der Waals surface area contributed by atoms with Gasteiger partial charge in [0.25, 0.3) is 0 Å². The molecule has 1 aliphatic rings. The SMILES string of the molecule is Nc1nnc(Cl)cc1-c1ccc(N2CCNCC2)cc1. The van der Waals surface area contributed by atoms with Gasteiger partial charge in [-0.1, -0.05) is 23.7 Å². The van der Waals surface area contributed by atoms with Crippen molar-refractivity contribution in [1.29, 1.82) is 0 Å². The number of hydrogen-bond donors (Lipinski definition) is 2. The summed E-state index contributed by atoms with van der Waals surface area (Å²) in [6.45, 7) is 4.12. The first-order valence-electron chi connectivity index (χ1n) is 6.59. The van der Waals surface area contributed by atoms with Gasteiger partial charge in [-0.3, -0.25) is 0 Å². The van der Waals surface area contributed by atoms with Gasteiger partial charge in [-0.05, 0) is 23.8 Å². The summed E-state index contributed by atoms with van der Waals surface area (Å²) in [6, 6.07) is 10.0. The lowest BCUT2D eigenvalue weighted by Crippen LogP contribution is -2.43. The van der Waals surface area contributed by atoms with Crippen molar-refractivity contribution < 1.29 is 0 Å². The summed E-state index contributed by atoms with van der Waals surface area (Å²) in [5.41, 5.74) is 8.89. The van der Waals surface area contributed by atoms with Gasteiger partial charge >= 0.3 is 0 Å². The monoisotopic (exact) mass is 289 g/mol. The molecule has 0 unspecified atom stereocenters. The molecule has 0 saturated carbocycles. The first-order chi connectivity index (χ1) is 9.74. The number of piperazine rings is 1. The molecule has 1 fully saturated rings. The number of nitrogens with one attached hydrogen (secondary N) is 1. The molecule has 0 aliphatic carbocycles. The van der Waals surface area contributed by atoms with Crippen molar-refractivity contribution in [3.63, 3.8) is 0 Å². The van der Waals surface area contributed by atoms with E-state index in [9.17, 15) is 0 Å². The molecule has 0 atom stereocenters. The minimum Gasteiger partial charge on any atom is -0.382 e. The molecule has 0 amide bonds. The van der Waals surface area contributed by atoms with Gasteiger partial charge in [0.2, 0.25) is 0 Å². The van der Waals surface area contributed by atoms with Gasteiger partial charge in [0.05, 0.1) is 0 Å². The summed E-state index contributed by atoms with van der Waals surface area (Å²) in [4.78, 5) is 2.36. The number of rotatable bonds is 2. The highest BCUT2D eigenvalue weighted by Crippen LogP contribution is 2.27. The van der Waals surface area contributed by atoms with E-state index in [-0.39, 0.29) is 0 Å². The molecule has 5 nitrogen and oxygen atoms in total. The first-order valence-corrected chi connectivity index (χ1v) is 6.96. The molecule has 1 saturated heterocycles. The topological polar surface area (TPSA) is 67.1 Å². The zero-order chi connectivity index (χ0) is 13.9. The maximum Gasteiger partial charge on any atom is 0.154 e. The van der Waals surface area contributed by atoms with E-state index in [0.29, 0.717) is 11.0 Å². The van der Waals surface area contributed by atoms with Gasteiger partial charge in [0, 0.05) is 37.4 Å². The largest absolute Gasteiger partial charge is 0.382 e. The predicted octanol–water partition coefficient (Wildman–Crippen LogP) is 1.79. The molecule has 2 heterocycles. The van der Waals surface area contributed by atoms with Crippen LogP contribution in [0.2, 0.25) is 5.15 Å². The third kappa shape index (κ3) is 2.69. The molecule has 20 heavy (non-hydrogen) atoms. The highest BCUT2D eigenvalue weighted by molar-refractivity contribution is 6.29. The Morgan fingerprint density at radius 3 is 2.50 bits per heavy atom. The fourth-order valence-electron chi connectivity index (χ4n) is 2.38. The molecule has 6 heteroatoms. The van der Waals surface area contributed by atoms with Crippen molar-refractivity contribution in [3.05, 3.63) is 35.5 Å².